The Morgan fingerprint density at radius 2 is 2.09 bits per heavy atom. The van der Waals surface area contributed by atoms with Crippen LogP contribution in [0.1, 0.15) is 5.69 Å². The van der Waals surface area contributed by atoms with Gasteiger partial charge in [-0.1, -0.05) is 17.6 Å². The fraction of sp³-hybridized carbons (Fsp3) is 0.111. The lowest BCUT2D eigenvalue weighted by atomic mass is 9.96. The molecule has 11 heavy (non-hydrogen) atoms. The molecule has 0 bridgehead atoms. The van der Waals surface area contributed by atoms with Crippen LogP contribution >= 0.6 is 0 Å². The topological polar surface area (TPSA) is 15.8 Å². The van der Waals surface area contributed by atoms with Gasteiger partial charge in [-0.2, -0.15) is 0 Å². The van der Waals surface area contributed by atoms with Crippen LogP contribution in [0.4, 0.5) is 0 Å². The van der Waals surface area contributed by atoms with E-state index >= 15 is 0 Å². The molecular formula is C9H10BN. The summed E-state index contributed by atoms with van der Waals surface area (Å²) in [5.74, 6) is 0. The van der Waals surface area contributed by atoms with Crippen molar-refractivity contribution in [2.45, 2.75) is 6.92 Å². The minimum Gasteiger partial charge on any atom is -0.359 e. The maximum Gasteiger partial charge on any atom is 0.139 e. The van der Waals surface area contributed by atoms with E-state index in [2.05, 4.69) is 44.0 Å². The molecule has 0 saturated carbocycles. The zero-order valence-electron chi connectivity index (χ0n) is 6.81. The van der Waals surface area contributed by atoms with Crippen molar-refractivity contribution in [2.24, 2.45) is 0 Å². The van der Waals surface area contributed by atoms with Crippen molar-refractivity contribution in [3.05, 3.63) is 30.0 Å². The van der Waals surface area contributed by atoms with E-state index in [0.717, 1.165) is 0 Å². The Labute approximate surface area is 66.8 Å². The fourth-order valence-corrected chi connectivity index (χ4v) is 1.39. The van der Waals surface area contributed by atoms with Gasteiger partial charge in [0.2, 0.25) is 0 Å². The quantitative estimate of drug-likeness (QED) is 0.523. The Balaban J connectivity index is 2.82. The van der Waals surface area contributed by atoms with Crippen molar-refractivity contribution in [1.82, 2.24) is 4.98 Å². The lowest BCUT2D eigenvalue weighted by molar-refractivity contribution is 1.30. The zero-order chi connectivity index (χ0) is 7.84. The predicted molar refractivity (Wildman–Crippen MR) is 51.2 cm³/mol. The van der Waals surface area contributed by atoms with Gasteiger partial charge in [0, 0.05) is 11.2 Å². The molecule has 0 aliphatic heterocycles. The maximum atomic E-state index is 3.30. The first-order chi connectivity index (χ1) is 5.25. The molecule has 1 aromatic heterocycles. The van der Waals surface area contributed by atoms with Gasteiger partial charge >= 0.3 is 0 Å². The van der Waals surface area contributed by atoms with E-state index in [4.69, 9.17) is 0 Å². The first-order valence-electron chi connectivity index (χ1n) is 3.82. The number of aromatic amines is 1. The van der Waals surface area contributed by atoms with Crippen LogP contribution in [0.15, 0.2) is 24.3 Å². The molecule has 0 radical (unpaired) electrons. The highest BCUT2D eigenvalue weighted by Crippen LogP contribution is 2.11. The molecule has 1 heterocycles. The third-order valence-corrected chi connectivity index (χ3v) is 1.91. The summed E-state index contributed by atoms with van der Waals surface area (Å²) in [5, 5.41) is 1.30. The summed E-state index contributed by atoms with van der Waals surface area (Å²) >= 11 is 0. The molecule has 0 saturated heterocycles. The van der Waals surface area contributed by atoms with E-state index in [1.165, 1.54) is 22.1 Å². The standard InChI is InChI=1S/C9H10BN/c1-6-4-7-2-3-8(10)5-9(7)11-6/h2-5,11H,10H2,1H3. The van der Waals surface area contributed by atoms with Crippen LogP contribution in [0.3, 0.4) is 0 Å². The number of aromatic nitrogens is 1. The van der Waals surface area contributed by atoms with E-state index in [9.17, 15) is 0 Å². The molecule has 0 unspecified atom stereocenters. The van der Waals surface area contributed by atoms with Crippen molar-refractivity contribution in [2.75, 3.05) is 0 Å². The van der Waals surface area contributed by atoms with Gasteiger partial charge in [-0.25, -0.2) is 0 Å². The first kappa shape index (κ1) is 6.53. The number of hydrogen-bond acceptors (Lipinski definition) is 0. The van der Waals surface area contributed by atoms with Crippen LogP contribution in [0.2, 0.25) is 0 Å². The highest BCUT2D eigenvalue weighted by molar-refractivity contribution is 6.33. The largest absolute Gasteiger partial charge is 0.359 e. The number of H-pyrrole nitrogens is 1. The molecular weight excluding hydrogens is 133 g/mol. The van der Waals surface area contributed by atoms with Crippen LogP contribution in [-0.2, 0) is 0 Å². The lowest BCUT2D eigenvalue weighted by Gasteiger charge is -1.90. The van der Waals surface area contributed by atoms with E-state index in [-0.39, 0.29) is 0 Å². The van der Waals surface area contributed by atoms with Gasteiger partial charge in [0.05, 0.1) is 0 Å². The number of benzene rings is 1. The third-order valence-electron chi connectivity index (χ3n) is 1.91. The van der Waals surface area contributed by atoms with Crippen molar-refractivity contribution >= 4 is 24.2 Å². The lowest BCUT2D eigenvalue weighted by Crippen LogP contribution is -1.98. The van der Waals surface area contributed by atoms with Crippen molar-refractivity contribution < 1.29 is 0 Å². The van der Waals surface area contributed by atoms with Crippen LogP contribution in [0.25, 0.3) is 10.9 Å². The molecule has 0 aliphatic carbocycles. The molecule has 2 rings (SSSR count). The average Bonchev–Trinajstić information content (AvgIpc) is 2.27. The third kappa shape index (κ3) is 1.05. The summed E-state index contributed by atoms with van der Waals surface area (Å²) < 4.78 is 0. The Kier molecular flexibility index (Phi) is 1.28. The van der Waals surface area contributed by atoms with Gasteiger partial charge in [0.1, 0.15) is 7.85 Å². The SMILES string of the molecule is Bc1ccc2cc(C)[nH]c2c1. The molecule has 2 aromatic rings. The second kappa shape index (κ2) is 2.16. The molecule has 0 amide bonds. The van der Waals surface area contributed by atoms with Gasteiger partial charge in [0.25, 0.3) is 0 Å². The highest BCUT2D eigenvalue weighted by atomic mass is 14.7. The molecule has 2 heteroatoms. The Morgan fingerprint density at radius 3 is 2.91 bits per heavy atom. The molecule has 54 valence electrons. The maximum absolute atomic E-state index is 3.30. The molecule has 1 N–H and O–H groups in total. The average molecular weight is 143 g/mol. The van der Waals surface area contributed by atoms with Crippen LogP contribution in [0.5, 0.6) is 0 Å². The van der Waals surface area contributed by atoms with Gasteiger partial charge in [-0.05, 0) is 24.4 Å². The summed E-state index contributed by atoms with van der Waals surface area (Å²) in [6.45, 7) is 2.08. The summed E-state index contributed by atoms with van der Waals surface area (Å²) in [6.07, 6.45) is 0. The highest BCUT2D eigenvalue weighted by Gasteiger charge is 1.95. The van der Waals surface area contributed by atoms with E-state index in [0.29, 0.717) is 0 Å². The Hall–Kier alpha value is -1.18. The second-order valence-electron chi connectivity index (χ2n) is 3.04. The van der Waals surface area contributed by atoms with Crippen molar-refractivity contribution in [3.63, 3.8) is 0 Å². The molecule has 0 aliphatic rings. The zero-order valence-corrected chi connectivity index (χ0v) is 6.81. The second-order valence-corrected chi connectivity index (χ2v) is 3.04. The monoisotopic (exact) mass is 143 g/mol. The van der Waals surface area contributed by atoms with E-state index < -0.39 is 0 Å². The molecule has 0 fully saturated rings. The van der Waals surface area contributed by atoms with Gasteiger partial charge < -0.3 is 4.98 Å². The molecule has 1 nitrogen and oxygen atoms in total. The fourth-order valence-electron chi connectivity index (χ4n) is 1.39. The van der Waals surface area contributed by atoms with Crippen molar-refractivity contribution in [1.29, 1.82) is 0 Å². The Morgan fingerprint density at radius 1 is 1.27 bits per heavy atom. The van der Waals surface area contributed by atoms with Crippen LogP contribution in [-0.4, -0.2) is 12.8 Å². The summed E-state index contributed by atoms with van der Waals surface area (Å²) in [5.41, 5.74) is 3.77. The first-order valence-corrected chi connectivity index (χ1v) is 3.82. The van der Waals surface area contributed by atoms with E-state index in [1.807, 2.05) is 0 Å². The number of hydrogen-bond donors (Lipinski definition) is 1. The molecule has 0 spiro atoms. The summed E-state index contributed by atoms with van der Waals surface area (Å²) in [4.78, 5) is 3.30. The normalized spacial score (nSPS) is 10.6. The van der Waals surface area contributed by atoms with Crippen LogP contribution in [0, 0.1) is 6.92 Å². The smallest absolute Gasteiger partial charge is 0.139 e. The minimum absolute atomic E-state index is 1.23. The number of aryl methyl sites for hydroxylation is 1. The Bertz CT molecular complexity index is 389. The molecule has 0 atom stereocenters. The van der Waals surface area contributed by atoms with Crippen molar-refractivity contribution in [3.8, 4) is 0 Å². The number of rotatable bonds is 0. The van der Waals surface area contributed by atoms with E-state index in [1.54, 1.807) is 0 Å². The van der Waals surface area contributed by atoms with Gasteiger partial charge in [-0.3, -0.25) is 0 Å². The summed E-state index contributed by atoms with van der Waals surface area (Å²) in [6, 6.07) is 8.61. The predicted octanol–water partition coefficient (Wildman–Crippen LogP) is 0.735. The van der Waals surface area contributed by atoms with Crippen LogP contribution < -0.4 is 5.46 Å². The summed E-state index contributed by atoms with van der Waals surface area (Å²) in [7, 11) is 2.11. The molecule has 1 aromatic carbocycles. The van der Waals surface area contributed by atoms with Gasteiger partial charge in [-0.15, -0.1) is 0 Å². The number of nitrogens with one attached hydrogen (secondary N) is 1. The minimum atomic E-state index is 1.23. The number of fused-ring (bicyclic) bond motifs is 1. The van der Waals surface area contributed by atoms with Gasteiger partial charge in [0.15, 0.2) is 0 Å².